The van der Waals surface area contributed by atoms with Crippen LogP contribution < -0.4 is 5.32 Å². The lowest BCUT2D eigenvalue weighted by Crippen LogP contribution is -2.50. The van der Waals surface area contributed by atoms with Crippen molar-refractivity contribution in [3.8, 4) is 0 Å². The van der Waals surface area contributed by atoms with Gasteiger partial charge in [0.1, 0.15) is 0 Å². The molecular weight excluding hydrogens is 236 g/mol. The second kappa shape index (κ2) is 6.51. The first-order valence-electron chi connectivity index (χ1n) is 7.25. The minimum atomic E-state index is -0.415. The molecule has 0 aliphatic heterocycles. The minimum Gasteiger partial charge on any atom is -0.387 e. The first kappa shape index (κ1) is 14.5. The van der Waals surface area contributed by atoms with E-state index in [0.717, 1.165) is 12.1 Å². The van der Waals surface area contributed by atoms with Crippen LogP contribution in [0.4, 0.5) is 0 Å². The summed E-state index contributed by atoms with van der Waals surface area (Å²) in [6, 6.07) is 9.87. The van der Waals surface area contributed by atoms with E-state index in [9.17, 15) is 5.11 Å². The van der Waals surface area contributed by atoms with E-state index in [1.807, 2.05) is 30.3 Å². The second-order valence-electron chi connectivity index (χ2n) is 5.88. The molecule has 19 heavy (non-hydrogen) atoms. The van der Waals surface area contributed by atoms with Gasteiger partial charge < -0.3 is 15.3 Å². The molecule has 0 aromatic heterocycles. The lowest BCUT2D eigenvalue weighted by Gasteiger charge is -2.37. The molecule has 3 nitrogen and oxygen atoms in total. The van der Waals surface area contributed by atoms with Gasteiger partial charge in [-0.15, -0.1) is 0 Å². The van der Waals surface area contributed by atoms with Gasteiger partial charge in [-0.1, -0.05) is 43.2 Å². The molecular formula is C16H26N2O. The third-order valence-electron chi connectivity index (χ3n) is 4.46. The SMILES string of the molecule is CN(C)C1(CNCC(O)c2ccccc2)CCCC1. The van der Waals surface area contributed by atoms with Crippen molar-refractivity contribution in [2.75, 3.05) is 27.2 Å². The van der Waals surface area contributed by atoms with E-state index in [2.05, 4.69) is 24.3 Å². The number of likely N-dealkylation sites (N-methyl/N-ethyl adjacent to an activating group) is 1. The maximum absolute atomic E-state index is 10.1. The summed E-state index contributed by atoms with van der Waals surface area (Å²) in [5.74, 6) is 0. The van der Waals surface area contributed by atoms with Crippen LogP contribution in [0.2, 0.25) is 0 Å². The van der Waals surface area contributed by atoms with Gasteiger partial charge in [-0.2, -0.15) is 0 Å². The van der Waals surface area contributed by atoms with Crippen LogP contribution in [0.25, 0.3) is 0 Å². The molecule has 1 unspecified atom stereocenters. The van der Waals surface area contributed by atoms with Crippen molar-refractivity contribution in [2.45, 2.75) is 37.3 Å². The summed E-state index contributed by atoms with van der Waals surface area (Å²) in [5, 5.41) is 13.6. The molecule has 1 fully saturated rings. The van der Waals surface area contributed by atoms with Crippen molar-refractivity contribution < 1.29 is 5.11 Å². The van der Waals surface area contributed by atoms with E-state index < -0.39 is 6.10 Å². The van der Waals surface area contributed by atoms with Gasteiger partial charge in [0.15, 0.2) is 0 Å². The summed E-state index contributed by atoms with van der Waals surface area (Å²) in [7, 11) is 4.33. The molecule has 2 N–H and O–H groups in total. The molecule has 0 spiro atoms. The number of benzene rings is 1. The average Bonchev–Trinajstić information content (AvgIpc) is 2.90. The first-order valence-corrected chi connectivity index (χ1v) is 7.25. The van der Waals surface area contributed by atoms with Gasteiger partial charge in [0.25, 0.3) is 0 Å². The zero-order chi connectivity index (χ0) is 13.7. The summed E-state index contributed by atoms with van der Waals surface area (Å²) in [4.78, 5) is 2.35. The highest BCUT2D eigenvalue weighted by atomic mass is 16.3. The lowest BCUT2D eigenvalue weighted by atomic mass is 9.96. The molecule has 0 amide bonds. The molecule has 0 radical (unpaired) electrons. The van der Waals surface area contributed by atoms with Gasteiger partial charge in [-0.3, -0.25) is 0 Å². The number of nitrogens with zero attached hydrogens (tertiary/aromatic N) is 1. The predicted molar refractivity (Wildman–Crippen MR) is 79.2 cm³/mol. The molecule has 1 aromatic carbocycles. The topological polar surface area (TPSA) is 35.5 Å². The summed E-state index contributed by atoms with van der Waals surface area (Å²) < 4.78 is 0. The van der Waals surface area contributed by atoms with E-state index in [1.54, 1.807) is 0 Å². The summed E-state index contributed by atoms with van der Waals surface area (Å²) in [6.45, 7) is 1.59. The van der Waals surface area contributed by atoms with Gasteiger partial charge in [-0.25, -0.2) is 0 Å². The maximum Gasteiger partial charge on any atom is 0.0914 e. The average molecular weight is 262 g/mol. The largest absolute Gasteiger partial charge is 0.387 e. The number of aliphatic hydroxyl groups excluding tert-OH is 1. The molecule has 0 saturated heterocycles. The van der Waals surface area contributed by atoms with Crippen molar-refractivity contribution in [3.05, 3.63) is 35.9 Å². The molecule has 1 saturated carbocycles. The Kier molecular flexibility index (Phi) is 4.97. The highest BCUT2D eigenvalue weighted by molar-refractivity contribution is 5.17. The number of aliphatic hydroxyl groups is 1. The molecule has 106 valence electrons. The fourth-order valence-electron chi connectivity index (χ4n) is 3.05. The van der Waals surface area contributed by atoms with Crippen LogP contribution in [-0.4, -0.2) is 42.7 Å². The number of hydrogen-bond acceptors (Lipinski definition) is 3. The molecule has 1 atom stereocenters. The number of rotatable bonds is 6. The Hall–Kier alpha value is -0.900. The van der Waals surface area contributed by atoms with Gasteiger partial charge in [-0.05, 0) is 32.5 Å². The highest BCUT2D eigenvalue weighted by Crippen LogP contribution is 2.33. The second-order valence-corrected chi connectivity index (χ2v) is 5.88. The van der Waals surface area contributed by atoms with E-state index >= 15 is 0 Å². The number of hydrogen-bond donors (Lipinski definition) is 2. The third-order valence-corrected chi connectivity index (χ3v) is 4.46. The van der Waals surface area contributed by atoms with E-state index in [4.69, 9.17) is 0 Å². The van der Waals surface area contributed by atoms with Crippen LogP contribution in [0.15, 0.2) is 30.3 Å². The quantitative estimate of drug-likeness (QED) is 0.825. The van der Waals surface area contributed by atoms with Gasteiger partial charge in [0.2, 0.25) is 0 Å². The Morgan fingerprint density at radius 2 is 1.84 bits per heavy atom. The van der Waals surface area contributed by atoms with Gasteiger partial charge in [0, 0.05) is 18.6 Å². The maximum atomic E-state index is 10.1. The standard InChI is InChI=1S/C16H26N2O/c1-18(2)16(10-6-7-11-16)13-17-12-15(19)14-8-4-3-5-9-14/h3-5,8-9,15,17,19H,6-7,10-13H2,1-2H3. The Bertz CT molecular complexity index is 372. The van der Waals surface area contributed by atoms with Crippen LogP contribution in [0.3, 0.4) is 0 Å². The molecule has 1 aromatic rings. The lowest BCUT2D eigenvalue weighted by molar-refractivity contribution is 0.134. The van der Waals surface area contributed by atoms with Crippen LogP contribution in [-0.2, 0) is 0 Å². The molecule has 0 heterocycles. The molecule has 2 rings (SSSR count). The van der Waals surface area contributed by atoms with E-state index in [-0.39, 0.29) is 5.54 Å². The van der Waals surface area contributed by atoms with Gasteiger partial charge in [0.05, 0.1) is 6.10 Å². The fourth-order valence-corrected chi connectivity index (χ4v) is 3.05. The van der Waals surface area contributed by atoms with Crippen molar-refractivity contribution in [1.29, 1.82) is 0 Å². The molecule has 1 aliphatic rings. The van der Waals surface area contributed by atoms with Crippen LogP contribution in [0.1, 0.15) is 37.4 Å². The predicted octanol–water partition coefficient (Wildman–Crippen LogP) is 2.18. The van der Waals surface area contributed by atoms with Gasteiger partial charge >= 0.3 is 0 Å². The summed E-state index contributed by atoms with van der Waals surface area (Å²) in [6.07, 6.45) is 4.74. The van der Waals surface area contributed by atoms with Crippen LogP contribution in [0.5, 0.6) is 0 Å². The Morgan fingerprint density at radius 1 is 1.21 bits per heavy atom. The zero-order valence-corrected chi connectivity index (χ0v) is 12.1. The molecule has 0 bridgehead atoms. The van der Waals surface area contributed by atoms with Crippen molar-refractivity contribution in [2.24, 2.45) is 0 Å². The fraction of sp³-hybridized carbons (Fsp3) is 0.625. The Morgan fingerprint density at radius 3 is 2.42 bits per heavy atom. The van der Waals surface area contributed by atoms with E-state index in [1.165, 1.54) is 25.7 Å². The summed E-state index contributed by atoms with van der Waals surface area (Å²) in [5.41, 5.74) is 1.27. The van der Waals surface area contributed by atoms with Crippen LogP contribution in [0, 0.1) is 0 Å². The monoisotopic (exact) mass is 262 g/mol. The minimum absolute atomic E-state index is 0.288. The van der Waals surface area contributed by atoms with Crippen molar-refractivity contribution >= 4 is 0 Å². The van der Waals surface area contributed by atoms with E-state index in [0.29, 0.717) is 6.54 Å². The van der Waals surface area contributed by atoms with Crippen molar-refractivity contribution in [3.63, 3.8) is 0 Å². The normalized spacial score (nSPS) is 19.8. The molecule has 3 heteroatoms. The number of nitrogens with one attached hydrogen (secondary N) is 1. The third kappa shape index (κ3) is 3.56. The zero-order valence-electron chi connectivity index (χ0n) is 12.1. The molecule has 1 aliphatic carbocycles. The smallest absolute Gasteiger partial charge is 0.0914 e. The Balaban J connectivity index is 1.83. The summed E-state index contributed by atoms with van der Waals surface area (Å²) >= 11 is 0. The van der Waals surface area contributed by atoms with Crippen LogP contribution >= 0.6 is 0 Å². The first-order chi connectivity index (χ1) is 9.14. The van der Waals surface area contributed by atoms with Crippen molar-refractivity contribution in [1.82, 2.24) is 10.2 Å². The Labute approximate surface area is 116 Å². The highest BCUT2D eigenvalue weighted by Gasteiger charge is 2.35.